The average Bonchev–Trinajstić information content (AvgIpc) is 2.90. The molecule has 0 aliphatic carbocycles. The molecule has 0 N–H and O–H groups in total. The van der Waals surface area contributed by atoms with Crippen LogP contribution in [0.3, 0.4) is 0 Å². The molecule has 0 aliphatic rings. The van der Waals surface area contributed by atoms with Gasteiger partial charge in [0.2, 0.25) is 0 Å². The Morgan fingerprint density at radius 1 is 1.44 bits per heavy atom. The molecule has 0 saturated carbocycles. The maximum absolute atomic E-state index is 11.4. The fourth-order valence-electron chi connectivity index (χ4n) is 1.49. The van der Waals surface area contributed by atoms with E-state index < -0.39 is 11.9 Å². The molecule has 0 aliphatic heterocycles. The van der Waals surface area contributed by atoms with Gasteiger partial charge in [0.15, 0.2) is 5.92 Å². The average molecular weight is 258 g/mol. The topological polar surface area (TPSA) is 63.0 Å². The Morgan fingerprint density at radius 3 is 2.78 bits per heavy atom. The lowest BCUT2D eigenvalue weighted by atomic mass is 10.1. The smallest absolute Gasteiger partial charge is 0.330 e. The van der Waals surface area contributed by atoms with Crippen LogP contribution < -0.4 is 0 Å². The number of nitrogens with zero attached hydrogens (tertiary/aromatic N) is 2. The third kappa shape index (κ3) is 2.39. The van der Waals surface area contributed by atoms with E-state index in [1.54, 1.807) is 0 Å². The van der Waals surface area contributed by atoms with Gasteiger partial charge in [-0.05, 0) is 0 Å². The Balaban J connectivity index is 2.31. The van der Waals surface area contributed by atoms with Gasteiger partial charge in [0.05, 0.1) is 18.9 Å². The van der Waals surface area contributed by atoms with Crippen LogP contribution in [0.5, 0.6) is 0 Å². The van der Waals surface area contributed by atoms with Crippen LogP contribution in [0.25, 0.3) is 11.3 Å². The highest BCUT2D eigenvalue weighted by Gasteiger charge is 2.24. The van der Waals surface area contributed by atoms with Crippen LogP contribution in [0.1, 0.15) is 10.9 Å². The molecule has 1 aromatic heterocycles. The van der Waals surface area contributed by atoms with E-state index in [1.807, 2.05) is 41.8 Å². The zero-order chi connectivity index (χ0) is 13.0. The van der Waals surface area contributed by atoms with Crippen molar-refractivity contribution >= 4 is 17.3 Å². The number of methoxy groups -OCH3 is 1. The summed E-state index contributed by atoms with van der Waals surface area (Å²) in [5.74, 6) is -1.52. The Hall–Kier alpha value is -2.19. The number of nitriles is 1. The number of benzene rings is 1. The Labute approximate surface area is 108 Å². The molecule has 0 amide bonds. The SMILES string of the molecule is COC(=O)C(C#N)c1nc(-c2ccccc2)cs1. The Bertz CT molecular complexity index is 587. The van der Waals surface area contributed by atoms with Crippen LogP contribution in [0.2, 0.25) is 0 Å². The molecule has 5 heteroatoms. The third-order valence-electron chi connectivity index (χ3n) is 2.40. The van der Waals surface area contributed by atoms with Gasteiger partial charge in [0.25, 0.3) is 0 Å². The van der Waals surface area contributed by atoms with Crippen LogP contribution in [-0.4, -0.2) is 18.1 Å². The molecular formula is C13H10N2O2S. The Morgan fingerprint density at radius 2 is 2.17 bits per heavy atom. The van der Waals surface area contributed by atoms with Gasteiger partial charge in [0, 0.05) is 10.9 Å². The van der Waals surface area contributed by atoms with Crippen molar-refractivity contribution < 1.29 is 9.53 Å². The van der Waals surface area contributed by atoms with Crippen LogP contribution in [0, 0.1) is 11.3 Å². The van der Waals surface area contributed by atoms with E-state index in [2.05, 4.69) is 9.72 Å². The van der Waals surface area contributed by atoms with Crippen LogP contribution in [-0.2, 0) is 9.53 Å². The minimum absolute atomic E-state index is 0.461. The van der Waals surface area contributed by atoms with Crippen molar-refractivity contribution in [2.45, 2.75) is 5.92 Å². The predicted molar refractivity (Wildman–Crippen MR) is 67.9 cm³/mol. The molecule has 1 heterocycles. The maximum Gasteiger partial charge on any atom is 0.330 e. The monoisotopic (exact) mass is 258 g/mol. The molecule has 0 fully saturated rings. The number of hydrogen-bond donors (Lipinski definition) is 0. The summed E-state index contributed by atoms with van der Waals surface area (Å²) in [5, 5.41) is 11.3. The van der Waals surface area contributed by atoms with Crippen molar-refractivity contribution in [2.24, 2.45) is 0 Å². The molecule has 4 nitrogen and oxygen atoms in total. The first-order chi connectivity index (χ1) is 8.76. The summed E-state index contributed by atoms with van der Waals surface area (Å²) in [6, 6.07) is 11.5. The highest BCUT2D eigenvalue weighted by atomic mass is 32.1. The van der Waals surface area contributed by atoms with Gasteiger partial charge >= 0.3 is 5.97 Å². The third-order valence-corrected chi connectivity index (χ3v) is 3.31. The van der Waals surface area contributed by atoms with Gasteiger partial charge in [-0.3, -0.25) is 4.79 Å². The number of aromatic nitrogens is 1. The summed E-state index contributed by atoms with van der Waals surface area (Å²) in [5.41, 5.74) is 1.72. The van der Waals surface area contributed by atoms with Crippen molar-refractivity contribution in [1.82, 2.24) is 4.98 Å². The molecule has 0 saturated heterocycles. The molecule has 0 radical (unpaired) electrons. The molecule has 2 rings (SSSR count). The number of ether oxygens (including phenoxy) is 1. The van der Waals surface area contributed by atoms with Gasteiger partial charge < -0.3 is 4.74 Å². The maximum atomic E-state index is 11.4. The number of hydrogen-bond acceptors (Lipinski definition) is 5. The van der Waals surface area contributed by atoms with E-state index >= 15 is 0 Å². The number of esters is 1. The molecule has 1 unspecified atom stereocenters. The summed E-state index contributed by atoms with van der Waals surface area (Å²) in [4.78, 5) is 15.7. The first-order valence-electron chi connectivity index (χ1n) is 5.24. The molecule has 90 valence electrons. The fourth-order valence-corrected chi connectivity index (χ4v) is 2.35. The van der Waals surface area contributed by atoms with E-state index in [1.165, 1.54) is 18.4 Å². The van der Waals surface area contributed by atoms with Gasteiger partial charge in [0.1, 0.15) is 5.01 Å². The second-order valence-corrected chi connectivity index (χ2v) is 4.41. The largest absolute Gasteiger partial charge is 0.468 e. The zero-order valence-corrected chi connectivity index (χ0v) is 10.5. The summed E-state index contributed by atoms with van der Waals surface area (Å²) in [7, 11) is 1.26. The number of rotatable bonds is 3. The van der Waals surface area contributed by atoms with Gasteiger partial charge in [-0.25, -0.2) is 4.98 Å². The van der Waals surface area contributed by atoms with Crippen LogP contribution >= 0.6 is 11.3 Å². The summed E-state index contributed by atoms with van der Waals surface area (Å²) < 4.78 is 4.58. The lowest BCUT2D eigenvalue weighted by molar-refractivity contribution is -0.140. The Kier molecular flexibility index (Phi) is 3.70. The van der Waals surface area contributed by atoms with Crippen molar-refractivity contribution in [3.05, 3.63) is 40.7 Å². The van der Waals surface area contributed by atoms with E-state index in [9.17, 15) is 4.79 Å². The molecule has 1 atom stereocenters. The molecule has 2 aromatic rings. The van der Waals surface area contributed by atoms with Crippen molar-refractivity contribution in [3.8, 4) is 17.3 Å². The highest BCUT2D eigenvalue weighted by molar-refractivity contribution is 7.10. The predicted octanol–water partition coefficient (Wildman–Crippen LogP) is 2.59. The van der Waals surface area contributed by atoms with E-state index in [0.717, 1.165) is 11.3 Å². The molecule has 18 heavy (non-hydrogen) atoms. The van der Waals surface area contributed by atoms with E-state index in [4.69, 9.17) is 5.26 Å². The molecule has 0 spiro atoms. The van der Waals surface area contributed by atoms with Gasteiger partial charge in [-0.1, -0.05) is 30.3 Å². The number of thiazole rings is 1. The second kappa shape index (κ2) is 5.43. The van der Waals surface area contributed by atoms with Crippen LogP contribution in [0.15, 0.2) is 35.7 Å². The number of carbonyl (C=O) groups is 1. The summed E-state index contributed by atoms with van der Waals surface area (Å²) in [6.45, 7) is 0. The lowest BCUT2D eigenvalue weighted by Crippen LogP contribution is -2.12. The van der Waals surface area contributed by atoms with Crippen molar-refractivity contribution in [1.29, 1.82) is 5.26 Å². The van der Waals surface area contributed by atoms with Crippen molar-refractivity contribution in [2.75, 3.05) is 7.11 Å². The zero-order valence-electron chi connectivity index (χ0n) is 9.66. The van der Waals surface area contributed by atoms with E-state index in [0.29, 0.717) is 5.01 Å². The minimum Gasteiger partial charge on any atom is -0.468 e. The summed E-state index contributed by atoms with van der Waals surface area (Å²) in [6.07, 6.45) is 0. The van der Waals surface area contributed by atoms with E-state index in [-0.39, 0.29) is 0 Å². The first-order valence-corrected chi connectivity index (χ1v) is 6.12. The van der Waals surface area contributed by atoms with Crippen LogP contribution in [0.4, 0.5) is 0 Å². The van der Waals surface area contributed by atoms with Crippen molar-refractivity contribution in [3.63, 3.8) is 0 Å². The minimum atomic E-state index is -0.947. The summed E-state index contributed by atoms with van der Waals surface area (Å²) >= 11 is 1.29. The first kappa shape index (κ1) is 12.3. The van der Waals surface area contributed by atoms with Gasteiger partial charge in [-0.15, -0.1) is 11.3 Å². The molecule has 0 bridgehead atoms. The quantitative estimate of drug-likeness (QED) is 0.794. The molecule has 1 aromatic carbocycles. The molecular weight excluding hydrogens is 248 g/mol. The lowest BCUT2D eigenvalue weighted by Gasteiger charge is -2.02. The second-order valence-electron chi connectivity index (χ2n) is 3.52. The highest BCUT2D eigenvalue weighted by Crippen LogP contribution is 2.26. The van der Waals surface area contributed by atoms with Gasteiger partial charge in [-0.2, -0.15) is 5.26 Å². The fraction of sp³-hybridized carbons (Fsp3) is 0.154. The normalized spacial score (nSPS) is 11.6. The number of carbonyl (C=O) groups excluding carboxylic acids is 1. The standard InChI is InChI=1S/C13H10N2O2S/c1-17-13(16)10(7-14)12-15-11(8-18-12)9-5-3-2-4-6-9/h2-6,8,10H,1H3.